The monoisotopic (exact) mass is 403 g/mol. The summed E-state index contributed by atoms with van der Waals surface area (Å²) in [4.78, 5) is 4.14. The standard InChI is InChI=1S/C13H29N3OS.HI/c1-11(2)7-8-15-12(14-6)16-9-10-18(17)13(3,4)5;/h11H,7-10H2,1-6H3,(H2,14,15,16);1H. The van der Waals surface area contributed by atoms with E-state index in [9.17, 15) is 4.21 Å². The van der Waals surface area contributed by atoms with Crippen LogP contribution < -0.4 is 10.6 Å². The lowest BCUT2D eigenvalue weighted by Gasteiger charge is -2.18. The second kappa shape index (κ2) is 10.9. The number of guanidine groups is 1. The smallest absolute Gasteiger partial charge is 0.191 e. The fourth-order valence-corrected chi connectivity index (χ4v) is 2.17. The van der Waals surface area contributed by atoms with Crippen LogP contribution in [0.5, 0.6) is 0 Å². The fourth-order valence-electron chi connectivity index (χ4n) is 1.27. The largest absolute Gasteiger partial charge is 0.356 e. The summed E-state index contributed by atoms with van der Waals surface area (Å²) in [5.74, 6) is 2.12. The first-order valence-corrected chi connectivity index (χ1v) is 7.92. The Balaban J connectivity index is 0. The Labute approximate surface area is 138 Å². The molecule has 0 saturated heterocycles. The van der Waals surface area contributed by atoms with Crippen molar-refractivity contribution in [1.82, 2.24) is 10.6 Å². The van der Waals surface area contributed by atoms with Crippen LogP contribution in [0.1, 0.15) is 41.0 Å². The van der Waals surface area contributed by atoms with Crippen molar-refractivity contribution in [2.75, 3.05) is 25.9 Å². The summed E-state index contributed by atoms with van der Waals surface area (Å²) in [6, 6.07) is 0. The summed E-state index contributed by atoms with van der Waals surface area (Å²) in [5.41, 5.74) is 0. The SMILES string of the molecule is CN=C(NCCC(C)C)NCCS(=O)C(C)(C)C.I. The number of aliphatic imine (C=N–C) groups is 1. The molecule has 0 aromatic heterocycles. The first kappa shape index (κ1) is 21.4. The molecule has 0 saturated carbocycles. The molecule has 1 unspecified atom stereocenters. The molecule has 1 atom stereocenters. The molecule has 0 aliphatic carbocycles. The predicted octanol–water partition coefficient (Wildman–Crippen LogP) is 2.36. The second-order valence-corrected chi connectivity index (χ2v) is 8.09. The summed E-state index contributed by atoms with van der Waals surface area (Å²) < 4.78 is 11.7. The lowest BCUT2D eigenvalue weighted by Crippen LogP contribution is -2.40. The van der Waals surface area contributed by atoms with Crippen LogP contribution >= 0.6 is 24.0 Å². The van der Waals surface area contributed by atoms with Crippen LogP contribution in [0.2, 0.25) is 0 Å². The van der Waals surface area contributed by atoms with E-state index in [-0.39, 0.29) is 28.7 Å². The van der Waals surface area contributed by atoms with Crippen molar-refractivity contribution in [3.63, 3.8) is 0 Å². The van der Waals surface area contributed by atoms with Gasteiger partial charge in [0.1, 0.15) is 0 Å². The van der Waals surface area contributed by atoms with E-state index in [1.54, 1.807) is 7.05 Å². The minimum absolute atomic E-state index is 0. The highest BCUT2D eigenvalue weighted by atomic mass is 127. The number of nitrogens with zero attached hydrogens (tertiary/aromatic N) is 1. The third-order valence-electron chi connectivity index (χ3n) is 2.50. The normalized spacial score (nSPS) is 13.9. The van der Waals surface area contributed by atoms with Gasteiger partial charge in [0.25, 0.3) is 0 Å². The molecule has 6 heteroatoms. The number of rotatable bonds is 6. The van der Waals surface area contributed by atoms with Gasteiger partial charge in [0.15, 0.2) is 5.96 Å². The summed E-state index contributed by atoms with van der Waals surface area (Å²) in [6.45, 7) is 12.0. The molecular formula is C13H30IN3OS. The Morgan fingerprint density at radius 3 is 2.16 bits per heavy atom. The van der Waals surface area contributed by atoms with Crippen molar-refractivity contribution in [3.05, 3.63) is 0 Å². The van der Waals surface area contributed by atoms with Gasteiger partial charge < -0.3 is 10.6 Å². The van der Waals surface area contributed by atoms with Gasteiger partial charge in [0.05, 0.1) is 0 Å². The molecule has 0 amide bonds. The lowest BCUT2D eigenvalue weighted by molar-refractivity contribution is 0.574. The molecule has 0 aromatic rings. The average molecular weight is 403 g/mol. The van der Waals surface area contributed by atoms with Crippen LogP contribution in [0, 0.1) is 5.92 Å². The molecular weight excluding hydrogens is 373 g/mol. The summed E-state index contributed by atoms with van der Waals surface area (Å²) in [6.07, 6.45) is 1.12. The van der Waals surface area contributed by atoms with Crippen LogP contribution in [0.15, 0.2) is 4.99 Å². The zero-order chi connectivity index (χ0) is 14.2. The van der Waals surface area contributed by atoms with E-state index in [1.165, 1.54) is 0 Å². The highest BCUT2D eigenvalue weighted by Gasteiger charge is 2.18. The third-order valence-corrected chi connectivity index (χ3v) is 4.44. The number of hydrogen-bond donors (Lipinski definition) is 2. The number of halogens is 1. The molecule has 0 radical (unpaired) electrons. The molecule has 0 aliphatic heterocycles. The Morgan fingerprint density at radius 1 is 1.21 bits per heavy atom. The van der Waals surface area contributed by atoms with E-state index in [0.29, 0.717) is 18.2 Å². The van der Waals surface area contributed by atoms with E-state index in [2.05, 4.69) is 29.5 Å². The quantitative estimate of drug-likeness (QED) is 0.407. The molecule has 19 heavy (non-hydrogen) atoms. The van der Waals surface area contributed by atoms with Crippen molar-refractivity contribution < 1.29 is 4.21 Å². The second-order valence-electron chi connectivity index (χ2n) is 5.77. The van der Waals surface area contributed by atoms with E-state index < -0.39 is 10.8 Å². The molecule has 0 fully saturated rings. The topological polar surface area (TPSA) is 53.5 Å². The minimum atomic E-state index is -0.814. The van der Waals surface area contributed by atoms with Gasteiger partial charge in [0.2, 0.25) is 0 Å². The highest BCUT2D eigenvalue weighted by Crippen LogP contribution is 2.10. The van der Waals surface area contributed by atoms with Crippen LogP contribution in [0.3, 0.4) is 0 Å². The first-order valence-electron chi connectivity index (χ1n) is 6.60. The maximum atomic E-state index is 11.8. The van der Waals surface area contributed by atoms with E-state index in [0.717, 1.165) is 18.9 Å². The van der Waals surface area contributed by atoms with Crippen molar-refractivity contribution >= 4 is 40.7 Å². The van der Waals surface area contributed by atoms with Gasteiger partial charge >= 0.3 is 0 Å². The van der Waals surface area contributed by atoms with Gasteiger partial charge in [-0.25, -0.2) is 0 Å². The zero-order valence-electron chi connectivity index (χ0n) is 13.1. The lowest BCUT2D eigenvalue weighted by atomic mass is 10.1. The van der Waals surface area contributed by atoms with Gasteiger partial charge in [0, 0.05) is 41.4 Å². The Bertz CT molecular complexity index is 288. The Morgan fingerprint density at radius 2 is 1.74 bits per heavy atom. The average Bonchev–Trinajstić information content (AvgIpc) is 2.24. The molecule has 0 bridgehead atoms. The van der Waals surface area contributed by atoms with E-state index >= 15 is 0 Å². The maximum absolute atomic E-state index is 11.8. The van der Waals surface area contributed by atoms with Crippen molar-refractivity contribution in [2.24, 2.45) is 10.9 Å². The van der Waals surface area contributed by atoms with Crippen LogP contribution in [0.4, 0.5) is 0 Å². The van der Waals surface area contributed by atoms with Gasteiger partial charge in [-0.1, -0.05) is 13.8 Å². The van der Waals surface area contributed by atoms with Gasteiger partial charge in [-0.15, -0.1) is 24.0 Å². The number of nitrogens with one attached hydrogen (secondary N) is 2. The highest BCUT2D eigenvalue weighted by molar-refractivity contribution is 14.0. The zero-order valence-corrected chi connectivity index (χ0v) is 16.2. The van der Waals surface area contributed by atoms with Crippen LogP contribution in [-0.2, 0) is 10.8 Å². The van der Waals surface area contributed by atoms with Crippen molar-refractivity contribution in [3.8, 4) is 0 Å². The number of hydrogen-bond acceptors (Lipinski definition) is 2. The molecule has 0 spiro atoms. The molecule has 116 valence electrons. The summed E-state index contributed by atoms with van der Waals surface area (Å²) >= 11 is 0. The van der Waals surface area contributed by atoms with Crippen LogP contribution in [-0.4, -0.2) is 40.8 Å². The molecule has 0 aliphatic rings. The predicted molar refractivity (Wildman–Crippen MR) is 97.0 cm³/mol. The maximum Gasteiger partial charge on any atom is 0.191 e. The van der Waals surface area contributed by atoms with Gasteiger partial charge in [-0.05, 0) is 33.1 Å². The Hall–Kier alpha value is 0.150. The van der Waals surface area contributed by atoms with Crippen molar-refractivity contribution in [2.45, 2.75) is 45.8 Å². The van der Waals surface area contributed by atoms with Crippen molar-refractivity contribution in [1.29, 1.82) is 0 Å². The van der Waals surface area contributed by atoms with E-state index in [1.807, 2.05) is 20.8 Å². The Kier molecular flexibility index (Phi) is 12.3. The summed E-state index contributed by atoms with van der Waals surface area (Å²) in [5, 5.41) is 6.45. The molecule has 0 heterocycles. The van der Waals surface area contributed by atoms with Gasteiger partial charge in [-0.2, -0.15) is 0 Å². The van der Waals surface area contributed by atoms with E-state index in [4.69, 9.17) is 0 Å². The van der Waals surface area contributed by atoms with Gasteiger partial charge in [-0.3, -0.25) is 9.20 Å². The summed E-state index contributed by atoms with van der Waals surface area (Å²) in [7, 11) is 0.941. The fraction of sp³-hybridized carbons (Fsp3) is 0.923. The molecule has 0 aromatic carbocycles. The first-order chi connectivity index (χ1) is 8.27. The molecule has 4 nitrogen and oxygen atoms in total. The third kappa shape index (κ3) is 11.7. The molecule has 2 N–H and O–H groups in total. The minimum Gasteiger partial charge on any atom is -0.356 e. The molecule has 0 rings (SSSR count). The van der Waals surface area contributed by atoms with Crippen LogP contribution in [0.25, 0.3) is 0 Å².